The van der Waals surface area contributed by atoms with Crippen molar-refractivity contribution in [2.24, 2.45) is 11.8 Å². The number of aryl methyl sites for hydroxylation is 1. The van der Waals surface area contributed by atoms with Gasteiger partial charge in [0.15, 0.2) is 11.3 Å². The van der Waals surface area contributed by atoms with Crippen molar-refractivity contribution in [1.82, 2.24) is 19.7 Å². The molecule has 32 heavy (non-hydrogen) atoms. The summed E-state index contributed by atoms with van der Waals surface area (Å²) in [5.41, 5.74) is 3.64. The molecule has 2 heterocycles. The molecule has 3 aromatic rings. The number of rotatable bonds is 5. The summed E-state index contributed by atoms with van der Waals surface area (Å²) in [6.07, 6.45) is 7.57. The van der Waals surface area contributed by atoms with E-state index in [0.29, 0.717) is 29.3 Å². The maximum absolute atomic E-state index is 13.2. The van der Waals surface area contributed by atoms with Crippen LogP contribution in [0, 0.1) is 18.8 Å². The molecule has 7 heteroatoms. The Morgan fingerprint density at radius 1 is 1.16 bits per heavy atom. The number of hydrogen-bond donors (Lipinski definition) is 1. The van der Waals surface area contributed by atoms with Gasteiger partial charge < -0.3 is 14.8 Å². The number of carbonyl (C=O) groups is 1. The van der Waals surface area contributed by atoms with Crippen LogP contribution in [0.25, 0.3) is 16.9 Å². The van der Waals surface area contributed by atoms with E-state index in [1.165, 1.54) is 19.3 Å². The summed E-state index contributed by atoms with van der Waals surface area (Å²) in [5, 5.41) is 3.25. The highest BCUT2D eigenvalue weighted by atomic mass is 16.5. The number of methoxy groups -OCH3 is 2. The van der Waals surface area contributed by atoms with Crippen LogP contribution in [0.1, 0.15) is 48.3 Å². The summed E-state index contributed by atoms with van der Waals surface area (Å²) in [6, 6.07) is 9.93. The molecule has 1 N–H and O–H groups in total. The van der Waals surface area contributed by atoms with Gasteiger partial charge >= 0.3 is 0 Å². The van der Waals surface area contributed by atoms with E-state index in [1.54, 1.807) is 13.4 Å². The number of carbonyl (C=O) groups excluding carboxylic acids is 1. The van der Waals surface area contributed by atoms with Gasteiger partial charge in [-0.15, -0.1) is 0 Å². The summed E-state index contributed by atoms with van der Waals surface area (Å²) in [7, 11) is 3.47. The van der Waals surface area contributed by atoms with E-state index in [9.17, 15) is 4.79 Å². The molecule has 1 aromatic carbocycles. The lowest BCUT2D eigenvalue weighted by Crippen LogP contribution is -2.49. The first-order valence-corrected chi connectivity index (χ1v) is 11.4. The molecule has 2 saturated carbocycles. The van der Waals surface area contributed by atoms with Crippen molar-refractivity contribution >= 4 is 11.6 Å². The van der Waals surface area contributed by atoms with Gasteiger partial charge in [0.25, 0.3) is 5.91 Å². The molecule has 0 aliphatic heterocycles. The van der Waals surface area contributed by atoms with E-state index >= 15 is 0 Å². The third-order valence-electron chi connectivity index (χ3n) is 7.14. The lowest BCUT2D eigenvalue weighted by Gasteiger charge is -2.45. The highest BCUT2D eigenvalue weighted by Gasteiger charge is 2.41. The number of amides is 1. The van der Waals surface area contributed by atoms with E-state index in [2.05, 4.69) is 10.3 Å². The van der Waals surface area contributed by atoms with Gasteiger partial charge in [-0.25, -0.2) is 9.97 Å². The highest BCUT2D eigenvalue weighted by Crippen LogP contribution is 2.41. The lowest BCUT2D eigenvalue weighted by atomic mass is 9.68. The normalized spacial score (nSPS) is 25.0. The maximum atomic E-state index is 13.2. The molecule has 0 radical (unpaired) electrons. The fourth-order valence-corrected chi connectivity index (χ4v) is 5.65. The molecule has 4 atom stereocenters. The van der Waals surface area contributed by atoms with Crippen molar-refractivity contribution in [3.63, 3.8) is 0 Å². The van der Waals surface area contributed by atoms with Crippen molar-refractivity contribution < 1.29 is 14.3 Å². The van der Waals surface area contributed by atoms with Crippen LogP contribution in [0.3, 0.4) is 0 Å². The predicted molar refractivity (Wildman–Crippen MR) is 122 cm³/mol. The van der Waals surface area contributed by atoms with Gasteiger partial charge in [-0.3, -0.25) is 9.20 Å². The van der Waals surface area contributed by atoms with Gasteiger partial charge in [-0.1, -0.05) is 18.6 Å². The van der Waals surface area contributed by atoms with Crippen LogP contribution in [0.15, 0.2) is 36.7 Å². The van der Waals surface area contributed by atoms with Crippen LogP contribution in [-0.4, -0.2) is 46.6 Å². The van der Waals surface area contributed by atoms with Gasteiger partial charge in [-0.2, -0.15) is 0 Å². The molecular formula is C25H30N4O3. The number of aromatic nitrogens is 3. The summed E-state index contributed by atoms with van der Waals surface area (Å²) in [4.78, 5) is 22.5. The quantitative estimate of drug-likeness (QED) is 0.656. The minimum Gasteiger partial charge on any atom is -0.497 e. The first-order valence-electron chi connectivity index (χ1n) is 11.4. The molecule has 2 aliphatic carbocycles. The first-order chi connectivity index (χ1) is 15.6. The first kappa shape index (κ1) is 20.9. The van der Waals surface area contributed by atoms with Gasteiger partial charge in [0.2, 0.25) is 0 Å². The van der Waals surface area contributed by atoms with Crippen LogP contribution in [0.5, 0.6) is 5.75 Å². The topological polar surface area (TPSA) is 77.8 Å². The van der Waals surface area contributed by atoms with E-state index in [4.69, 9.17) is 14.5 Å². The van der Waals surface area contributed by atoms with Crippen LogP contribution >= 0.6 is 0 Å². The van der Waals surface area contributed by atoms with Crippen LogP contribution < -0.4 is 10.1 Å². The molecule has 1 amide bonds. The average Bonchev–Trinajstić information content (AvgIpc) is 3.23. The molecule has 2 aromatic heterocycles. The summed E-state index contributed by atoms with van der Waals surface area (Å²) in [5.74, 6) is 1.67. The number of ether oxygens (including phenoxy) is 2. The number of fused-ring (bicyclic) bond motifs is 3. The highest BCUT2D eigenvalue weighted by molar-refractivity contribution is 5.98. The summed E-state index contributed by atoms with van der Waals surface area (Å²) < 4.78 is 13.0. The molecule has 2 aliphatic rings. The number of nitrogens with one attached hydrogen (secondary N) is 1. The predicted octanol–water partition coefficient (Wildman–Crippen LogP) is 4.04. The second-order valence-corrected chi connectivity index (χ2v) is 9.09. The SMILES string of the molecule is COc1cccc(-c2cc(C)n3cnc(C(=O)NC4CC5CCC[C@H](C4)C5OC)c3n2)c1. The molecule has 2 fully saturated rings. The minimum atomic E-state index is -0.152. The summed E-state index contributed by atoms with van der Waals surface area (Å²) >= 11 is 0. The van der Waals surface area contributed by atoms with Gasteiger partial charge in [0, 0.05) is 24.4 Å². The maximum Gasteiger partial charge on any atom is 0.274 e. The van der Waals surface area contributed by atoms with E-state index < -0.39 is 0 Å². The molecule has 5 rings (SSSR count). The summed E-state index contributed by atoms with van der Waals surface area (Å²) in [6.45, 7) is 1.99. The molecule has 7 nitrogen and oxygen atoms in total. The molecule has 0 saturated heterocycles. The van der Waals surface area contributed by atoms with Gasteiger partial charge in [0.1, 0.15) is 12.1 Å². The average molecular weight is 435 g/mol. The Hall–Kier alpha value is -2.93. The number of imidazole rings is 1. The largest absolute Gasteiger partial charge is 0.497 e. The third-order valence-corrected chi connectivity index (χ3v) is 7.14. The van der Waals surface area contributed by atoms with Crippen molar-refractivity contribution in [2.75, 3.05) is 14.2 Å². The Morgan fingerprint density at radius 3 is 2.66 bits per heavy atom. The monoisotopic (exact) mass is 434 g/mol. The number of nitrogens with zero attached hydrogens (tertiary/aromatic N) is 3. The Morgan fingerprint density at radius 2 is 1.94 bits per heavy atom. The molecule has 168 valence electrons. The fraction of sp³-hybridized carbons (Fsp3) is 0.480. The number of hydrogen-bond acceptors (Lipinski definition) is 5. The van der Waals surface area contributed by atoms with Crippen molar-refractivity contribution in [3.05, 3.63) is 48.0 Å². The zero-order chi connectivity index (χ0) is 22.2. The third kappa shape index (κ3) is 3.75. The van der Waals surface area contributed by atoms with Crippen molar-refractivity contribution in [2.45, 2.75) is 51.2 Å². The Bertz CT molecular complexity index is 1130. The zero-order valence-electron chi connectivity index (χ0n) is 18.9. The lowest BCUT2D eigenvalue weighted by molar-refractivity contribution is -0.0533. The van der Waals surface area contributed by atoms with Crippen LogP contribution in [0.2, 0.25) is 0 Å². The van der Waals surface area contributed by atoms with Gasteiger partial charge in [0.05, 0.1) is 18.9 Å². The molecule has 0 spiro atoms. The minimum absolute atomic E-state index is 0.152. The van der Waals surface area contributed by atoms with Gasteiger partial charge in [-0.05, 0) is 62.6 Å². The van der Waals surface area contributed by atoms with E-state index in [0.717, 1.165) is 35.5 Å². The van der Waals surface area contributed by atoms with E-state index in [1.807, 2.05) is 48.8 Å². The standard InChI is InChI=1S/C25H30N4O3/c1-15-10-21(16-6-5-9-20(13-16)31-2)28-24-22(26-14-29(15)24)25(30)27-19-11-17-7-4-8-18(12-19)23(17)32-3/h5-6,9-10,13-14,17-19,23H,4,7-8,11-12H2,1-3H3,(H,27,30)/t17-,18?,19?,23?/m1/s1. The van der Waals surface area contributed by atoms with Crippen molar-refractivity contribution in [1.29, 1.82) is 0 Å². The Labute approximate surface area is 188 Å². The molecular weight excluding hydrogens is 404 g/mol. The smallest absolute Gasteiger partial charge is 0.274 e. The molecule has 3 unspecified atom stereocenters. The Kier molecular flexibility index (Phi) is 5.59. The van der Waals surface area contributed by atoms with E-state index in [-0.39, 0.29) is 11.9 Å². The van der Waals surface area contributed by atoms with Crippen molar-refractivity contribution in [3.8, 4) is 17.0 Å². The number of benzene rings is 1. The van der Waals surface area contributed by atoms with Crippen LogP contribution in [0.4, 0.5) is 0 Å². The Balaban J connectivity index is 1.41. The fourth-order valence-electron chi connectivity index (χ4n) is 5.65. The zero-order valence-corrected chi connectivity index (χ0v) is 18.9. The molecule has 2 bridgehead atoms. The second-order valence-electron chi connectivity index (χ2n) is 9.09. The second kappa shape index (κ2) is 8.54. The van der Waals surface area contributed by atoms with Crippen LogP contribution in [-0.2, 0) is 4.74 Å².